The first-order valence-corrected chi connectivity index (χ1v) is 5.90. The van der Waals surface area contributed by atoms with E-state index in [1.807, 2.05) is 13.0 Å². The molecule has 92 valence electrons. The summed E-state index contributed by atoms with van der Waals surface area (Å²) >= 11 is 3.31. The molecule has 0 amide bonds. The standard InChI is InChI=1S/C12H9BrN2O3/c1-8-6-9(13)7-14-12(8)18-11-4-2-10(3-5-11)15(16)17/h2-7H,1H3. The van der Waals surface area contributed by atoms with Crippen molar-refractivity contribution in [3.63, 3.8) is 0 Å². The van der Waals surface area contributed by atoms with Crippen LogP contribution in [0.3, 0.4) is 0 Å². The van der Waals surface area contributed by atoms with E-state index in [1.54, 1.807) is 18.3 Å². The van der Waals surface area contributed by atoms with E-state index in [0.717, 1.165) is 10.0 Å². The maximum Gasteiger partial charge on any atom is 0.269 e. The first-order valence-electron chi connectivity index (χ1n) is 5.11. The fraction of sp³-hybridized carbons (Fsp3) is 0.0833. The minimum Gasteiger partial charge on any atom is -0.439 e. The van der Waals surface area contributed by atoms with E-state index >= 15 is 0 Å². The van der Waals surface area contributed by atoms with Gasteiger partial charge in [0, 0.05) is 28.4 Å². The topological polar surface area (TPSA) is 65.3 Å². The van der Waals surface area contributed by atoms with E-state index in [1.165, 1.54) is 12.1 Å². The summed E-state index contributed by atoms with van der Waals surface area (Å²) in [5.74, 6) is 0.991. The van der Waals surface area contributed by atoms with Gasteiger partial charge in [0.1, 0.15) is 5.75 Å². The van der Waals surface area contributed by atoms with Crippen LogP contribution in [0.4, 0.5) is 5.69 Å². The van der Waals surface area contributed by atoms with Gasteiger partial charge in [0.15, 0.2) is 0 Å². The van der Waals surface area contributed by atoms with E-state index in [9.17, 15) is 10.1 Å². The molecule has 0 saturated carbocycles. The Balaban J connectivity index is 2.21. The quantitative estimate of drug-likeness (QED) is 0.638. The van der Waals surface area contributed by atoms with Gasteiger partial charge in [-0.25, -0.2) is 4.98 Å². The molecule has 1 aromatic heterocycles. The second kappa shape index (κ2) is 5.14. The second-order valence-corrected chi connectivity index (χ2v) is 4.54. The van der Waals surface area contributed by atoms with E-state index in [-0.39, 0.29) is 5.69 Å². The molecule has 0 saturated heterocycles. The molecule has 0 aliphatic heterocycles. The number of nitro groups is 1. The molecule has 0 aliphatic rings. The van der Waals surface area contributed by atoms with Crippen LogP contribution in [-0.2, 0) is 0 Å². The van der Waals surface area contributed by atoms with Crippen LogP contribution in [-0.4, -0.2) is 9.91 Å². The van der Waals surface area contributed by atoms with Crippen molar-refractivity contribution in [1.29, 1.82) is 0 Å². The predicted molar refractivity (Wildman–Crippen MR) is 69.8 cm³/mol. The molecular formula is C12H9BrN2O3. The Hall–Kier alpha value is -1.95. The van der Waals surface area contributed by atoms with Crippen molar-refractivity contribution in [2.75, 3.05) is 0 Å². The van der Waals surface area contributed by atoms with Gasteiger partial charge in [0.25, 0.3) is 5.69 Å². The minimum atomic E-state index is -0.451. The number of aromatic nitrogens is 1. The van der Waals surface area contributed by atoms with Crippen molar-refractivity contribution in [3.05, 3.63) is 56.7 Å². The molecule has 6 heteroatoms. The Morgan fingerprint density at radius 1 is 1.33 bits per heavy atom. The lowest BCUT2D eigenvalue weighted by Crippen LogP contribution is -1.92. The van der Waals surface area contributed by atoms with Crippen LogP contribution in [0.25, 0.3) is 0 Å². The number of halogens is 1. The number of nitrogens with zero attached hydrogens (tertiary/aromatic N) is 2. The number of pyridine rings is 1. The molecular weight excluding hydrogens is 300 g/mol. The number of aryl methyl sites for hydroxylation is 1. The Bertz CT molecular complexity index is 584. The normalized spacial score (nSPS) is 10.1. The van der Waals surface area contributed by atoms with Crippen LogP contribution >= 0.6 is 15.9 Å². The monoisotopic (exact) mass is 308 g/mol. The summed E-state index contributed by atoms with van der Waals surface area (Å²) in [4.78, 5) is 14.2. The molecule has 2 aromatic rings. The lowest BCUT2D eigenvalue weighted by molar-refractivity contribution is -0.384. The largest absolute Gasteiger partial charge is 0.439 e. The lowest BCUT2D eigenvalue weighted by Gasteiger charge is -2.07. The van der Waals surface area contributed by atoms with Gasteiger partial charge in [-0.05, 0) is 41.1 Å². The predicted octanol–water partition coefficient (Wildman–Crippen LogP) is 3.85. The number of benzene rings is 1. The number of rotatable bonds is 3. The molecule has 0 radical (unpaired) electrons. The van der Waals surface area contributed by atoms with Crippen molar-refractivity contribution in [2.24, 2.45) is 0 Å². The highest BCUT2D eigenvalue weighted by atomic mass is 79.9. The van der Waals surface area contributed by atoms with Crippen molar-refractivity contribution >= 4 is 21.6 Å². The van der Waals surface area contributed by atoms with Gasteiger partial charge in [0.2, 0.25) is 5.88 Å². The first-order chi connectivity index (χ1) is 8.56. The van der Waals surface area contributed by atoms with E-state index in [4.69, 9.17) is 4.74 Å². The van der Waals surface area contributed by atoms with Crippen LogP contribution in [0.2, 0.25) is 0 Å². The molecule has 1 heterocycles. The van der Waals surface area contributed by atoms with Gasteiger partial charge in [-0.1, -0.05) is 0 Å². The van der Waals surface area contributed by atoms with Crippen LogP contribution in [0.15, 0.2) is 41.0 Å². The van der Waals surface area contributed by atoms with E-state index in [2.05, 4.69) is 20.9 Å². The molecule has 0 fully saturated rings. The number of hydrogen-bond donors (Lipinski definition) is 0. The molecule has 0 N–H and O–H groups in total. The van der Waals surface area contributed by atoms with Gasteiger partial charge in [-0.15, -0.1) is 0 Å². The Morgan fingerprint density at radius 2 is 2.00 bits per heavy atom. The summed E-state index contributed by atoms with van der Waals surface area (Å²) in [5, 5.41) is 10.5. The molecule has 18 heavy (non-hydrogen) atoms. The second-order valence-electron chi connectivity index (χ2n) is 3.63. The average molecular weight is 309 g/mol. The molecule has 0 bridgehead atoms. The third-order valence-electron chi connectivity index (χ3n) is 2.26. The lowest BCUT2D eigenvalue weighted by atomic mass is 10.3. The van der Waals surface area contributed by atoms with Crippen LogP contribution < -0.4 is 4.74 Å². The minimum absolute atomic E-state index is 0.0304. The highest BCUT2D eigenvalue weighted by Crippen LogP contribution is 2.26. The molecule has 0 atom stereocenters. The Morgan fingerprint density at radius 3 is 2.56 bits per heavy atom. The Labute approximate surface area is 112 Å². The summed E-state index contributed by atoms with van der Waals surface area (Å²) in [6.07, 6.45) is 1.63. The molecule has 1 aromatic carbocycles. The molecule has 5 nitrogen and oxygen atoms in total. The highest BCUT2D eigenvalue weighted by Gasteiger charge is 2.07. The van der Waals surface area contributed by atoms with Gasteiger partial charge in [0.05, 0.1) is 4.92 Å². The SMILES string of the molecule is Cc1cc(Br)cnc1Oc1ccc([N+](=O)[O-])cc1. The zero-order chi connectivity index (χ0) is 13.1. The average Bonchev–Trinajstić information content (AvgIpc) is 2.33. The summed E-state index contributed by atoms with van der Waals surface area (Å²) in [7, 11) is 0. The third kappa shape index (κ3) is 2.84. The molecule has 0 aliphatic carbocycles. The Kier molecular flexibility index (Phi) is 3.57. The third-order valence-corrected chi connectivity index (χ3v) is 2.69. The summed E-state index contributed by atoms with van der Waals surface area (Å²) < 4.78 is 6.42. The molecule has 0 unspecified atom stereocenters. The smallest absolute Gasteiger partial charge is 0.269 e. The van der Waals surface area contributed by atoms with Crippen molar-refractivity contribution < 1.29 is 9.66 Å². The first kappa shape index (κ1) is 12.5. The molecule has 2 rings (SSSR count). The van der Waals surface area contributed by atoms with Crippen LogP contribution in [0.5, 0.6) is 11.6 Å². The number of hydrogen-bond acceptors (Lipinski definition) is 4. The zero-order valence-electron chi connectivity index (χ0n) is 9.46. The van der Waals surface area contributed by atoms with E-state index < -0.39 is 4.92 Å². The van der Waals surface area contributed by atoms with E-state index in [0.29, 0.717) is 11.6 Å². The maximum absolute atomic E-state index is 10.5. The number of non-ortho nitro benzene ring substituents is 1. The van der Waals surface area contributed by atoms with Crippen LogP contribution in [0.1, 0.15) is 5.56 Å². The number of nitro benzene ring substituents is 1. The summed E-state index contributed by atoms with van der Waals surface area (Å²) in [6.45, 7) is 1.87. The summed E-state index contributed by atoms with van der Waals surface area (Å²) in [6, 6.07) is 7.75. The maximum atomic E-state index is 10.5. The van der Waals surface area contributed by atoms with Crippen molar-refractivity contribution in [3.8, 4) is 11.6 Å². The zero-order valence-corrected chi connectivity index (χ0v) is 11.0. The van der Waals surface area contributed by atoms with Gasteiger partial charge < -0.3 is 4.74 Å². The van der Waals surface area contributed by atoms with Crippen LogP contribution in [0, 0.1) is 17.0 Å². The molecule has 0 spiro atoms. The van der Waals surface area contributed by atoms with Crippen molar-refractivity contribution in [1.82, 2.24) is 4.98 Å². The fourth-order valence-corrected chi connectivity index (χ4v) is 1.83. The van der Waals surface area contributed by atoms with Gasteiger partial charge in [-0.3, -0.25) is 10.1 Å². The van der Waals surface area contributed by atoms with Gasteiger partial charge in [-0.2, -0.15) is 0 Å². The fourth-order valence-electron chi connectivity index (χ4n) is 1.38. The number of ether oxygens (including phenoxy) is 1. The van der Waals surface area contributed by atoms with Gasteiger partial charge >= 0.3 is 0 Å². The highest BCUT2D eigenvalue weighted by molar-refractivity contribution is 9.10. The van der Waals surface area contributed by atoms with Crippen molar-refractivity contribution in [2.45, 2.75) is 6.92 Å². The summed E-state index contributed by atoms with van der Waals surface area (Å²) in [5.41, 5.74) is 0.908.